The summed E-state index contributed by atoms with van der Waals surface area (Å²) >= 11 is 1.40. The number of hydrogen-bond acceptors (Lipinski definition) is 8. The number of nitrogens with two attached hydrogens (primary N) is 1. The number of carboxylic acid groups (broad SMARTS) is 2. The van der Waals surface area contributed by atoms with Gasteiger partial charge < -0.3 is 37.0 Å². The number of aliphatic hydroxyl groups is 1. The zero-order valence-electron chi connectivity index (χ0n) is 19.4. The minimum atomic E-state index is -1.33. The highest BCUT2D eigenvalue weighted by atomic mass is 32.2. The molecule has 0 aromatic heterocycles. The van der Waals surface area contributed by atoms with Gasteiger partial charge in [0, 0.05) is 6.42 Å². The van der Waals surface area contributed by atoms with E-state index in [1.165, 1.54) is 18.7 Å². The van der Waals surface area contributed by atoms with Gasteiger partial charge in [0.1, 0.15) is 24.2 Å². The molecule has 190 valence electrons. The van der Waals surface area contributed by atoms with Gasteiger partial charge in [0.05, 0.1) is 6.10 Å². The van der Waals surface area contributed by atoms with Crippen LogP contribution in [-0.4, -0.2) is 87.3 Å². The van der Waals surface area contributed by atoms with Crippen LogP contribution < -0.4 is 21.7 Å². The Kier molecular flexibility index (Phi) is 14.3. The van der Waals surface area contributed by atoms with Crippen LogP contribution in [0.3, 0.4) is 0 Å². The molecule has 13 heteroatoms. The zero-order chi connectivity index (χ0) is 25.7. The van der Waals surface area contributed by atoms with Crippen LogP contribution in [0.2, 0.25) is 0 Å². The minimum absolute atomic E-state index is 0.0435. The van der Waals surface area contributed by atoms with E-state index in [1.807, 2.05) is 0 Å². The number of amides is 3. The highest BCUT2D eigenvalue weighted by Crippen LogP contribution is 2.09. The first-order valence-corrected chi connectivity index (χ1v) is 12.0. The van der Waals surface area contributed by atoms with Crippen molar-refractivity contribution in [2.75, 3.05) is 12.0 Å². The quantitative estimate of drug-likeness (QED) is 0.138. The Morgan fingerprint density at radius 1 is 0.848 bits per heavy atom. The van der Waals surface area contributed by atoms with Crippen molar-refractivity contribution in [2.24, 2.45) is 11.7 Å². The molecule has 5 atom stereocenters. The fourth-order valence-electron chi connectivity index (χ4n) is 2.76. The summed E-state index contributed by atoms with van der Waals surface area (Å²) in [6.45, 7) is 4.93. The van der Waals surface area contributed by atoms with Gasteiger partial charge in [-0.15, -0.1) is 0 Å². The van der Waals surface area contributed by atoms with Gasteiger partial charge in [-0.2, -0.15) is 11.8 Å². The molecule has 5 unspecified atom stereocenters. The average Bonchev–Trinajstić information content (AvgIpc) is 2.71. The normalized spacial score (nSPS) is 15.6. The average molecular weight is 493 g/mol. The van der Waals surface area contributed by atoms with Crippen molar-refractivity contribution < 1.29 is 39.3 Å². The zero-order valence-corrected chi connectivity index (χ0v) is 20.2. The molecule has 0 aliphatic rings. The van der Waals surface area contributed by atoms with Gasteiger partial charge in [-0.25, -0.2) is 4.79 Å². The lowest BCUT2D eigenvalue weighted by atomic mass is 10.0. The van der Waals surface area contributed by atoms with Crippen molar-refractivity contribution in [3.63, 3.8) is 0 Å². The molecule has 0 aliphatic heterocycles. The maximum absolute atomic E-state index is 12.9. The van der Waals surface area contributed by atoms with E-state index in [4.69, 9.17) is 10.8 Å². The van der Waals surface area contributed by atoms with E-state index in [9.17, 15) is 34.2 Å². The number of hydrogen-bond donors (Lipinski definition) is 7. The van der Waals surface area contributed by atoms with Gasteiger partial charge in [0.25, 0.3) is 0 Å². The number of thioether (sulfide) groups is 1. The molecule has 0 spiro atoms. The number of carbonyl (C=O) groups excluding carboxylic acids is 3. The summed E-state index contributed by atoms with van der Waals surface area (Å²) in [5, 5.41) is 35.0. The van der Waals surface area contributed by atoms with Crippen molar-refractivity contribution >= 4 is 41.4 Å². The lowest BCUT2D eigenvalue weighted by molar-refractivity contribution is -0.143. The van der Waals surface area contributed by atoms with E-state index in [0.29, 0.717) is 5.75 Å². The molecule has 0 radical (unpaired) electrons. The molecular weight excluding hydrogens is 456 g/mol. The fraction of sp³-hybridized carbons (Fsp3) is 0.750. The molecule has 0 bridgehead atoms. The number of carboxylic acids is 2. The predicted octanol–water partition coefficient (Wildman–Crippen LogP) is -1.10. The van der Waals surface area contributed by atoms with E-state index in [-0.39, 0.29) is 25.2 Å². The Morgan fingerprint density at radius 2 is 1.36 bits per heavy atom. The maximum atomic E-state index is 12.9. The van der Waals surface area contributed by atoms with Crippen LogP contribution in [0.15, 0.2) is 0 Å². The lowest BCUT2D eigenvalue weighted by Crippen LogP contribution is -2.58. The molecule has 0 rings (SSSR count). The lowest BCUT2D eigenvalue weighted by Gasteiger charge is -2.26. The van der Waals surface area contributed by atoms with Crippen LogP contribution in [-0.2, 0) is 24.0 Å². The van der Waals surface area contributed by atoms with Crippen molar-refractivity contribution in [3.05, 3.63) is 0 Å². The Labute approximate surface area is 197 Å². The summed E-state index contributed by atoms with van der Waals surface area (Å²) in [7, 11) is 0. The molecule has 0 saturated heterocycles. The monoisotopic (exact) mass is 492 g/mol. The standard InChI is InChI=1S/C20H36N4O8S/c1-10(2)9-14(24-19(30)16(21)11(3)25)18(29)22-12(5-6-15(26)27)17(28)23-13(20(31)32)7-8-33-4/h10-14,16,25H,5-9,21H2,1-4H3,(H,22,29)(H,23,28)(H,24,30)(H,26,27)(H,31,32). The van der Waals surface area contributed by atoms with E-state index in [0.717, 1.165) is 0 Å². The minimum Gasteiger partial charge on any atom is -0.481 e. The molecule has 0 heterocycles. The first-order chi connectivity index (χ1) is 15.3. The van der Waals surface area contributed by atoms with E-state index in [2.05, 4.69) is 16.0 Å². The predicted molar refractivity (Wildman–Crippen MR) is 122 cm³/mol. The molecule has 0 aromatic carbocycles. The van der Waals surface area contributed by atoms with Gasteiger partial charge in [-0.05, 0) is 44.1 Å². The van der Waals surface area contributed by atoms with E-state index >= 15 is 0 Å². The molecule has 12 nitrogen and oxygen atoms in total. The molecule has 3 amide bonds. The molecule has 33 heavy (non-hydrogen) atoms. The Balaban J connectivity index is 5.54. The summed E-state index contributed by atoms with van der Waals surface area (Å²) < 4.78 is 0. The van der Waals surface area contributed by atoms with Gasteiger partial charge in [0.15, 0.2) is 0 Å². The topological polar surface area (TPSA) is 208 Å². The van der Waals surface area contributed by atoms with Crippen molar-refractivity contribution in [3.8, 4) is 0 Å². The van der Waals surface area contributed by atoms with Crippen LogP contribution in [0.25, 0.3) is 0 Å². The molecule has 0 saturated carbocycles. The third kappa shape index (κ3) is 12.4. The van der Waals surface area contributed by atoms with E-state index in [1.54, 1.807) is 20.1 Å². The Hall–Kier alpha value is -2.38. The number of aliphatic hydroxyl groups excluding tert-OH is 1. The van der Waals surface area contributed by atoms with Crippen LogP contribution >= 0.6 is 11.8 Å². The SMILES string of the molecule is CSCCC(NC(=O)C(CCC(=O)O)NC(=O)C(CC(C)C)NC(=O)C(N)C(C)O)C(=O)O. The first-order valence-electron chi connectivity index (χ1n) is 10.6. The highest BCUT2D eigenvalue weighted by Gasteiger charge is 2.31. The Bertz CT molecular complexity index is 689. The first kappa shape index (κ1) is 30.6. The summed E-state index contributed by atoms with van der Waals surface area (Å²) in [5.74, 6) is -4.38. The molecule has 0 aliphatic carbocycles. The molecule has 0 aromatic rings. The summed E-state index contributed by atoms with van der Waals surface area (Å²) in [4.78, 5) is 60.3. The molecular formula is C20H36N4O8S. The van der Waals surface area contributed by atoms with Crippen molar-refractivity contribution in [2.45, 2.75) is 76.7 Å². The number of carbonyl (C=O) groups is 5. The number of aliphatic carboxylic acids is 2. The van der Waals surface area contributed by atoms with Crippen LogP contribution in [0, 0.1) is 5.92 Å². The van der Waals surface area contributed by atoms with Crippen molar-refractivity contribution in [1.82, 2.24) is 16.0 Å². The third-order valence-electron chi connectivity index (χ3n) is 4.67. The van der Waals surface area contributed by atoms with Gasteiger partial charge >= 0.3 is 11.9 Å². The summed E-state index contributed by atoms with van der Waals surface area (Å²) in [5.41, 5.74) is 5.61. The summed E-state index contributed by atoms with van der Waals surface area (Å²) in [6, 6.07) is -4.91. The number of nitrogens with one attached hydrogen (secondary N) is 3. The summed E-state index contributed by atoms with van der Waals surface area (Å²) in [6.07, 6.45) is 0.222. The Morgan fingerprint density at radius 3 is 1.82 bits per heavy atom. The van der Waals surface area contributed by atoms with Gasteiger partial charge in [0.2, 0.25) is 17.7 Å². The second-order valence-corrected chi connectivity index (χ2v) is 9.12. The van der Waals surface area contributed by atoms with Crippen molar-refractivity contribution in [1.29, 1.82) is 0 Å². The molecule has 0 fully saturated rings. The third-order valence-corrected chi connectivity index (χ3v) is 5.31. The largest absolute Gasteiger partial charge is 0.481 e. The second kappa shape index (κ2) is 15.5. The van der Waals surface area contributed by atoms with Gasteiger partial charge in [-0.1, -0.05) is 13.8 Å². The second-order valence-electron chi connectivity index (χ2n) is 8.13. The van der Waals surface area contributed by atoms with E-state index < -0.39 is 66.4 Å². The van der Waals surface area contributed by atoms with Crippen LogP contribution in [0.1, 0.15) is 46.5 Å². The van der Waals surface area contributed by atoms with Crippen LogP contribution in [0.5, 0.6) is 0 Å². The van der Waals surface area contributed by atoms with Gasteiger partial charge in [-0.3, -0.25) is 19.2 Å². The smallest absolute Gasteiger partial charge is 0.326 e. The fourth-order valence-corrected chi connectivity index (χ4v) is 3.24. The number of rotatable bonds is 16. The van der Waals surface area contributed by atoms with Crippen LogP contribution in [0.4, 0.5) is 0 Å². The maximum Gasteiger partial charge on any atom is 0.326 e. The molecule has 8 N–H and O–H groups in total. The highest BCUT2D eigenvalue weighted by molar-refractivity contribution is 7.98.